The number of rotatable bonds is 3. The van der Waals surface area contributed by atoms with E-state index in [1.807, 2.05) is 11.0 Å². The van der Waals surface area contributed by atoms with Gasteiger partial charge < -0.3 is 4.90 Å². The van der Waals surface area contributed by atoms with Crippen LogP contribution >= 0.6 is 11.3 Å². The van der Waals surface area contributed by atoms with Crippen LogP contribution in [-0.4, -0.2) is 33.3 Å². The summed E-state index contributed by atoms with van der Waals surface area (Å²) < 4.78 is 1.68. The van der Waals surface area contributed by atoms with Gasteiger partial charge in [-0.3, -0.25) is 14.0 Å². The molecule has 0 spiro atoms. The number of amides is 1. The number of fused-ring (bicyclic) bond motifs is 3. The van der Waals surface area contributed by atoms with Gasteiger partial charge in [0.05, 0.1) is 0 Å². The van der Waals surface area contributed by atoms with Gasteiger partial charge in [0, 0.05) is 29.9 Å². The van der Waals surface area contributed by atoms with Crippen LogP contribution in [0.4, 0.5) is 0 Å². The molecular weight excluding hydrogens is 370 g/mol. The minimum atomic E-state index is -0.194. The molecule has 6 heteroatoms. The van der Waals surface area contributed by atoms with Crippen molar-refractivity contribution in [3.8, 4) is 0 Å². The zero-order chi connectivity index (χ0) is 19.1. The van der Waals surface area contributed by atoms with Crippen LogP contribution in [0.2, 0.25) is 0 Å². The Morgan fingerprint density at radius 3 is 2.71 bits per heavy atom. The van der Waals surface area contributed by atoms with Crippen LogP contribution in [0.25, 0.3) is 4.96 Å². The van der Waals surface area contributed by atoms with Crippen LogP contribution in [0.1, 0.15) is 45.8 Å². The summed E-state index contributed by atoms with van der Waals surface area (Å²) >= 11 is 1.58. The van der Waals surface area contributed by atoms with Gasteiger partial charge in [-0.05, 0) is 50.0 Å². The number of thiazole rings is 1. The second kappa shape index (κ2) is 7.17. The highest BCUT2D eigenvalue weighted by atomic mass is 32.1. The molecule has 28 heavy (non-hydrogen) atoms. The van der Waals surface area contributed by atoms with Gasteiger partial charge in [-0.1, -0.05) is 30.3 Å². The van der Waals surface area contributed by atoms with E-state index in [0.717, 1.165) is 44.2 Å². The quantitative estimate of drug-likeness (QED) is 0.686. The Kier molecular flexibility index (Phi) is 4.51. The van der Waals surface area contributed by atoms with Crippen LogP contribution in [0.5, 0.6) is 0 Å². The minimum absolute atomic E-state index is 0.164. The lowest BCUT2D eigenvalue weighted by Gasteiger charge is -2.32. The summed E-state index contributed by atoms with van der Waals surface area (Å²) in [7, 11) is 0. The number of aromatic nitrogens is 2. The molecule has 1 fully saturated rings. The highest BCUT2D eigenvalue weighted by molar-refractivity contribution is 7.17. The lowest BCUT2D eigenvalue weighted by molar-refractivity contribution is 0.0688. The van der Waals surface area contributed by atoms with Gasteiger partial charge in [-0.25, -0.2) is 4.98 Å². The summed E-state index contributed by atoms with van der Waals surface area (Å²) in [6.45, 7) is 1.42. The number of carbonyl (C=O) groups excluding carboxylic acids is 1. The van der Waals surface area contributed by atoms with Gasteiger partial charge in [0.15, 0.2) is 4.96 Å². The van der Waals surface area contributed by atoms with E-state index in [9.17, 15) is 9.59 Å². The van der Waals surface area contributed by atoms with Crippen LogP contribution in [-0.2, 0) is 19.3 Å². The fourth-order valence-electron chi connectivity index (χ4n) is 4.51. The molecular formula is C22H23N3O2S. The molecule has 1 amide bonds. The summed E-state index contributed by atoms with van der Waals surface area (Å²) in [5, 5.41) is 0. The number of hydrogen-bond donors (Lipinski definition) is 0. The minimum Gasteiger partial charge on any atom is -0.338 e. The largest absolute Gasteiger partial charge is 0.338 e. The predicted octanol–water partition coefficient (Wildman–Crippen LogP) is 3.34. The first-order valence-corrected chi connectivity index (χ1v) is 10.9. The molecule has 2 aromatic heterocycles. The maximum absolute atomic E-state index is 13.0. The third kappa shape index (κ3) is 3.05. The number of piperidine rings is 1. The molecule has 0 N–H and O–H groups in total. The topological polar surface area (TPSA) is 54.7 Å². The molecule has 0 saturated carbocycles. The Hall–Kier alpha value is -2.47. The van der Waals surface area contributed by atoms with Crippen molar-refractivity contribution in [2.24, 2.45) is 5.92 Å². The van der Waals surface area contributed by atoms with Crippen LogP contribution in [0, 0.1) is 5.92 Å². The van der Waals surface area contributed by atoms with Gasteiger partial charge in [-0.15, -0.1) is 11.3 Å². The lowest BCUT2D eigenvalue weighted by Crippen LogP contribution is -2.41. The zero-order valence-electron chi connectivity index (χ0n) is 15.8. The SMILES string of the molecule is O=C(c1cnc2sc3c(n2c1=O)CCC3)N1CCC(Cc2ccccc2)CC1. The van der Waals surface area contributed by atoms with Gasteiger partial charge in [-0.2, -0.15) is 0 Å². The standard InChI is InChI=1S/C22H23N3O2S/c26-20(24-11-9-16(10-12-24)13-15-5-2-1-3-6-15)17-14-23-22-25(21(17)27)18-7-4-8-19(18)28-22/h1-3,5-6,14,16H,4,7-13H2. The van der Waals surface area contributed by atoms with Crippen molar-refractivity contribution in [1.29, 1.82) is 0 Å². The third-order valence-electron chi connectivity index (χ3n) is 6.05. The van der Waals surface area contributed by atoms with Crippen molar-refractivity contribution in [3.05, 3.63) is 68.6 Å². The third-order valence-corrected chi connectivity index (χ3v) is 7.21. The normalized spacial score (nSPS) is 17.2. The molecule has 1 aromatic carbocycles. The van der Waals surface area contributed by atoms with Crippen LogP contribution in [0.3, 0.4) is 0 Å². The van der Waals surface area contributed by atoms with Crippen molar-refractivity contribution in [2.45, 2.75) is 38.5 Å². The van der Waals surface area contributed by atoms with Gasteiger partial charge in [0.1, 0.15) is 5.56 Å². The highest BCUT2D eigenvalue weighted by Gasteiger charge is 2.27. The molecule has 5 nitrogen and oxygen atoms in total. The van der Waals surface area contributed by atoms with Crippen molar-refractivity contribution in [1.82, 2.24) is 14.3 Å². The molecule has 2 aliphatic rings. The predicted molar refractivity (Wildman–Crippen MR) is 110 cm³/mol. The summed E-state index contributed by atoms with van der Waals surface area (Å²) in [5.41, 5.74) is 2.44. The molecule has 1 aliphatic heterocycles. The number of benzene rings is 1. The van der Waals surface area contributed by atoms with E-state index in [4.69, 9.17) is 0 Å². The maximum atomic E-state index is 13.0. The number of carbonyl (C=O) groups is 1. The summed E-state index contributed by atoms with van der Waals surface area (Å²) in [6.07, 6.45) is 7.50. The van der Waals surface area contributed by atoms with Gasteiger partial charge in [0.25, 0.3) is 11.5 Å². The van der Waals surface area contributed by atoms with Crippen molar-refractivity contribution in [3.63, 3.8) is 0 Å². The van der Waals surface area contributed by atoms with E-state index >= 15 is 0 Å². The molecule has 5 rings (SSSR count). The molecule has 3 heterocycles. The summed E-state index contributed by atoms with van der Waals surface area (Å²) in [6, 6.07) is 10.5. The fourth-order valence-corrected chi connectivity index (χ4v) is 5.68. The molecule has 1 aliphatic carbocycles. The molecule has 0 bridgehead atoms. The molecule has 0 unspecified atom stereocenters. The van der Waals surface area contributed by atoms with E-state index in [2.05, 4.69) is 29.2 Å². The van der Waals surface area contributed by atoms with Crippen molar-refractivity contribution in [2.75, 3.05) is 13.1 Å². The Labute approximate surface area is 167 Å². The zero-order valence-corrected chi connectivity index (χ0v) is 16.6. The Morgan fingerprint density at radius 1 is 1.14 bits per heavy atom. The Bertz CT molecular complexity index is 1080. The molecule has 0 radical (unpaired) electrons. The van der Waals surface area contributed by atoms with E-state index in [1.165, 1.54) is 16.6 Å². The molecule has 3 aromatic rings. The van der Waals surface area contributed by atoms with E-state index in [1.54, 1.807) is 15.7 Å². The smallest absolute Gasteiger partial charge is 0.271 e. The molecule has 0 atom stereocenters. The fraction of sp³-hybridized carbons (Fsp3) is 0.409. The van der Waals surface area contributed by atoms with Crippen molar-refractivity contribution < 1.29 is 4.79 Å². The van der Waals surface area contributed by atoms with Crippen LogP contribution in [0.15, 0.2) is 41.3 Å². The molecule has 144 valence electrons. The lowest BCUT2D eigenvalue weighted by atomic mass is 9.90. The average Bonchev–Trinajstić information content (AvgIpc) is 3.30. The number of likely N-dealkylation sites (tertiary alicyclic amines) is 1. The van der Waals surface area contributed by atoms with Gasteiger partial charge in [0.2, 0.25) is 0 Å². The monoisotopic (exact) mass is 393 g/mol. The average molecular weight is 394 g/mol. The molecule has 1 saturated heterocycles. The number of hydrogen-bond acceptors (Lipinski definition) is 4. The van der Waals surface area contributed by atoms with Gasteiger partial charge >= 0.3 is 0 Å². The van der Waals surface area contributed by atoms with Crippen LogP contribution < -0.4 is 5.56 Å². The summed E-state index contributed by atoms with van der Waals surface area (Å²) in [5.74, 6) is 0.427. The van der Waals surface area contributed by atoms with E-state index < -0.39 is 0 Å². The number of aryl methyl sites for hydroxylation is 2. The second-order valence-corrected chi connectivity index (χ2v) is 8.91. The first-order chi connectivity index (χ1) is 13.7. The van der Waals surface area contributed by atoms with E-state index in [-0.39, 0.29) is 17.0 Å². The van der Waals surface area contributed by atoms with Crippen molar-refractivity contribution >= 4 is 22.2 Å². The van der Waals surface area contributed by atoms with E-state index in [0.29, 0.717) is 24.0 Å². The Balaban J connectivity index is 1.32. The number of nitrogens with zero attached hydrogens (tertiary/aromatic N) is 3. The first kappa shape index (κ1) is 17.6. The Morgan fingerprint density at radius 2 is 1.93 bits per heavy atom. The highest BCUT2D eigenvalue weighted by Crippen LogP contribution is 2.29. The second-order valence-electron chi connectivity index (χ2n) is 7.85. The maximum Gasteiger partial charge on any atom is 0.271 e. The summed E-state index contributed by atoms with van der Waals surface area (Å²) in [4.78, 5) is 34.3. The first-order valence-electron chi connectivity index (χ1n) is 10.1.